The molecule has 0 saturated carbocycles. The number of rotatable bonds is 4. The molecule has 19 heavy (non-hydrogen) atoms. The third kappa shape index (κ3) is 2.97. The summed E-state index contributed by atoms with van der Waals surface area (Å²) in [6.07, 6.45) is 3.04. The Bertz CT molecular complexity index is 589. The zero-order chi connectivity index (χ0) is 14.0. The van der Waals surface area contributed by atoms with Crippen LogP contribution in [0.3, 0.4) is 0 Å². The Kier molecular flexibility index (Phi) is 3.94. The van der Waals surface area contributed by atoms with Crippen molar-refractivity contribution in [1.29, 1.82) is 0 Å². The number of ether oxygens (including phenoxy) is 1. The van der Waals surface area contributed by atoms with E-state index in [1.807, 2.05) is 6.07 Å². The van der Waals surface area contributed by atoms with Crippen molar-refractivity contribution in [3.8, 4) is 0 Å². The van der Waals surface area contributed by atoms with Crippen LogP contribution < -0.4 is 0 Å². The fourth-order valence-electron chi connectivity index (χ4n) is 2.44. The molecule has 0 N–H and O–H groups in total. The molecule has 0 heterocycles. The maximum absolute atomic E-state index is 12.3. The number of carbonyl (C=O) groups excluding carboxylic acids is 1. The van der Waals surface area contributed by atoms with Gasteiger partial charge in [-0.15, -0.1) is 0 Å². The van der Waals surface area contributed by atoms with E-state index in [2.05, 4.69) is 4.74 Å². The van der Waals surface area contributed by atoms with E-state index in [4.69, 9.17) is 0 Å². The summed E-state index contributed by atoms with van der Waals surface area (Å²) in [7, 11) is -2.17. The highest BCUT2D eigenvalue weighted by Crippen LogP contribution is 2.25. The molecule has 0 saturated heterocycles. The molecular weight excluding hydrogens is 264 g/mol. The Morgan fingerprint density at radius 3 is 2.68 bits per heavy atom. The Morgan fingerprint density at radius 1 is 1.32 bits per heavy atom. The lowest BCUT2D eigenvalue weighted by Crippen LogP contribution is -2.22. The van der Waals surface area contributed by atoms with Crippen LogP contribution in [0.4, 0.5) is 0 Å². The van der Waals surface area contributed by atoms with Crippen molar-refractivity contribution < 1.29 is 17.9 Å². The lowest BCUT2D eigenvalue weighted by molar-refractivity contribution is -0.144. The first kappa shape index (κ1) is 14.1. The van der Waals surface area contributed by atoms with Gasteiger partial charge in [-0.1, -0.05) is 13.0 Å². The molecule has 104 valence electrons. The number of fused-ring (bicyclic) bond motifs is 1. The molecule has 0 amide bonds. The maximum atomic E-state index is 12.3. The molecular formula is C14H18O4S. The number of hydrogen-bond donors (Lipinski definition) is 0. The lowest BCUT2D eigenvalue weighted by Gasteiger charge is -2.11. The molecule has 1 aromatic rings. The van der Waals surface area contributed by atoms with Crippen LogP contribution in [0.2, 0.25) is 0 Å². The minimum atomic E-state index is -3.44. The first-order chi connectivity index (χ1) is 8.94. The molecule has 0 aromatic heterocycles. The standard InChI is InChI=1S/C14H18O4S/c1-10(14(15)18-2)9-19(16,17)13-7-6-11-4-3-5-12(11)8-13/h6-8,10H,3-5,9H2,1-2H3. The molecule has 4 nitrogen and oxygen atoms in total. The van der Waals surface area contributed by atoms with Crippen LogP contribution in [0.5, 0.6) is 0 Å². The summed E-state index contributed by atoms with van der Waals surface area (Å²) in [5.74, 6) is -1.36. The van der Waals surface area contributed by atoms with Crippen LogP contribution in [0.1, 0.15) is 24.5 Å². The second-order valence-corrected chi connectivity index (χ2v) is 7.02. The number of hydrogen-bond acceptors (Lipinski definition) is 4. The molecule has 1 unspecified atom stereocenters. The normalized spacial score (nSPS) is 15.9. The topological polar surface area (TPSA) is 60.4 Å². The van der Waals surface area contributed by atoms with E-state index < -0.39 is 21.7 Å². The molecule has 1 aliphatic carbocycles. The first-order valence-electron chi connectivity index (χ1n) is 6.36. The quantitative estimate of drug-likeness (QED) is 0.790. The van der Waals surface area contributed by atoms with Gasteiger partial charge in [0.2, 0.25) is 0 Å². The largest absolute Gasteiger partial charge is 0.469 e. The maximum Gasteiger partial charge on any atom is 0.309 e. The monoisotopic (exact) mass is 282 g/mol. The van der Waals surface area contributed by atoms with Gasteiger partial charge in [0.15, 0.2) is 9.84 Å². The molecule has 0 spiro atoms. The summed E-state index contributed by atoms with van der Waals surface area (Å²) in [4.78, 5) is 11.6. The van der Waals surface area contributed by atoms with Gasteiger partial charge in [0.05, 0.1) is 23.7 Å². The first-order valence-corrected chi connectivity index (χ1v) is 8.01. The van der Waals surface area contributed by atoms with E-state index in [9.17, 15) is 13.2 Å². The highest BCUT2D eigenvalue weighted by Gasteiger charge is 2.25. The summed E-state index contributed by atoms with van der Waals surface area (Å²) in [5.41, 5.74) is 2.35. The number of aryl methyl sites for hydroxylation is 2. The molecule has 5 heteroatoms. The molecule has 2 rings (SSSR count). The van der Waals surface area contributed by atoms with Crippen LogP contribution in [-0.4, -0.2) is 27.2 Å². The zero-order valence-electron chi connectivity index (χ0n) is 11.2. The van der Waals surface area contributed by atoms with Gasteiger partial charge < -0.3 is 4.74 Å². The summed E-state index contributed by atoms with van der Waals surface area (Å²) < 4.78 is 29.1. The molecule has 0 aliphatic heterocycles. The van der Waals surface area contributed by atoms with Gasteiger partial charge in [-0.2, -0.15) is 0 Å². The molecule has 0 radical (unpaired) electrons. The number of esters is 1. The van der Waals surface area contributed by atoms with Crippen LogP contribution in [0.25, 0.3) is 0 Å². The van der Waals surface area contributed by atoms with Crippen molar-refractivity contribution in [1.82, 2.24) is 0 Å². The summed E-state index contributed by atoms with van der Waals surface area (Å²) in [5, 5.41) is 0. The van der Waals surface area contributed by atoms with Gasteiger partial charge in [0.25, 0.3) is 0 Å². The average molecular weight is 282 g/mol. The fraction of sp³-hybridized carbons (Fsp3) is 0.500. The minimum Gasteiger partial charge on any atom is -0.469 e. The van der Waals surface area contributed by atoms with Gasteiger partial charge in [0.1, 0.15) is 0 Å². The molecule has 0 fully saturated rings. The molecule has 1 aliphatic rings. The summed E-state index contributed by atoms with van der Waals surface area (Å²) >= 11 is 0. The van der Waals surface area contributed by atoms with E-state index >= 15 is 0 Å². The van der Waals surface area contributed by atoms with Gasteiger partial charge >= 0.3 is 5.97 Å². The summed E-state index contributed by atoms with van der Waals surface area (Å²) in [6, 6.07) is 5.28. The predicted molar refractivity (Wildman–Crippen MR) is 71.7 cm³/mol. The third-order valence-electron chi connectivity index (χ3n) is 3.50. The Morgan fingerprint density at radius 2 is 2.00 bits per heavy atom. The van der Waals surface area contributed by atoms with Crippen LogP contribution in [0, 0.1) is 5.92 Å². The molecule has 0 bridgehead atoms. The second kappa shape index (κ2) is 5.33. The van der Waals surface area contributed by atoms with Crippen molar-refractivity contribution in [3.63, 3.8) is 0 Å². The Labute approximate surface area is 113 Å². The van der Waals surface area contributed by atoms with E-state index in [1.54, 1.807) is 19.1 Å². The second-order valence-electron chi connectivity index (χ2n) is 4.99. The Hall–Kier alpha value is -1.36. The van der Waals surface area contributed by atoms with Crippen LogP contribution >= 0.6 is 0 Å². The van der Waals surface area contributed by atoms with Gasteiger partial charge in [-0.3, -0.25) is 4.79 Å². The highest BCUT2D eigenvalue weighted by atomic mass is 32.2. The van der Waals surface area contributed by atoms with E-state index in [-0.39, 0.29) is 5.75 Å². The lowest BCUT2D eigenvalue weighted by atomic mass is 10.1. The van der Waals surface area contributed by atoms with Gasteiger partial charge in [0, 0.05) is 0 Å². The fourth-order valence-corrected chi connectivity index (χ4v) is 4.02. The minimum absolute atomic E-state index is 0.210. The zero-order valence-corrected chi connectivity index (χ0v) is 12.0. The van der Waals surface area contributed by atoms with Crippen molar-refractivity contribution in [3.05, 3.63) is 29.3 Å². The molecule has 1 atom stereocenters. The highest BCUT2D eigenvalue weighted by molar-refractivity contribution is 7.91. The number of sulfone groups is 1. The van der Waals surface area contributed by atoms with Crippen LogP contribution in [0.15, 0.2) is 23.1 Å². The third-order valence-corrected chi connectivity index (χ3v) is 5.41. The molecule has 1 aromatic carbocycles. The SMILES string of the molecule is COC(=O)C(C)CS(=O)(=O)c1ccc2c(c1)CCC2. The number of carbonyl (C=O) groups is 1. The van der Waals surface area contributed by atoms with Crippen molar-refractivity contribution >= 4 is 15.8 Å². The smallest absolute Gasteiger partial charge is 0.309 e. The number of benzene rings is 1. The van der Waals surface area contributed by atoms with E-state index in [0.717, 1.165) is 24.8 Å². The predicted octanol–water partition coefficient (Wildman–Crippen LogP) is 1.76. The summed E-state index contributed by atoms with van der Waals surface area (Å²) in [6.45, 7) is 1.57. The van der Waals surface area contributed by atoms with Gasteiger partial charge in [-0.25, -0.2) is 8.42 Å². The van der Waals surface area contributed by atoms with E-state index in [1.165, 1.54) is 12.7 Å². The number of methoxy groups -OCH3 is 1. The van der Waals surface area contributed by atoms with E-state index in [0.29, 0.717) is 4.90 Å². The average Bonchev–Trinajstić information content (AvgIpc) is 2.84. The van der Waals surface area contributed by atoms with Crippen LogP contribution in [-0.2, 0) is 32.2 Å². The van der Waals surface area contributed by atoms with Crippen molar-refractivity contribution in [2.45, 2.75) is 31.1 Å². The van der Waals surface area contributed by atoms with Gasteiger partial charge in [-0.05, 0) is 42.5 Å². The Balaban J connectivity index is 2.22. The van der Waals surface area contributed by atoms with Crippen molar-refractivity contribution in [2.75, 3.05) is 12.9 Å². The van der Waals surface area contributed by atoms with Crippen molar-refractivity contribution in [2.24, 2.45) is 5.92 Å².